The first-order chi connectivity index (χ1) is 5.70. The van der Waals surface area contributed by atoms with Crippen molar-refractivity contribution in [3.8, 4) is 0 Å². The van der Waals surface area contributed by atoms with Crippen molar-refractivity contribution in [3.63, 3.8) is 0 Å². The van der Waals surface area contributed by atoms with E-state index >= 15 is 0 Å². The molecule has 1 fully saturated rings. The average molecular weight is 168 g/mol. The van der Waals surface area contributed by atoms with Crippen LogP contribution in [0.25, 0.3) is 0 Å². The van der Waals surface area contributed by atoms with Gasteiger partial charge in [-0.3, -0.25) is 4.90 Å². The summed E-state index contributed by atoms with van der Waals surface area (Å²) in [6, 6.07) is 0.668. The Labute approximate surface area is 75.8 Å². The molecule has 0 aromatic heterocycles. The number of nitrogens with zero attached hydrogens (tertiary/aromatic N) is 2. The van der Waals surface area contributed by atoms with Gasteiger partial charge in [0.05, 0.1) is 0 Å². The molecule has 1 unspecified atom stereocenters. The van der Waals surface area contributed by atoms with Crippen LogP contribution in [0.5, 0.6) is 0 Å². The third kappa shape index (κ3) is 2.86. The molecule has 0 aromatic rings. The summed E-state index contributed by atoms with van der Waals surface area (Å²) < 4.78 is 0. The van der Waals surface area contributed by atoms with E-state index in [4.69, 9.17) is 0 Å². The number of hydrogen-bond donors (Lipinski definition) is 0. The van der Waals surface area contributed by atoms with Gasteiger partial charge < -0.3 is 4.90 Å². The molecule has 1 aliphatic heterocycles. The molecule has 0 aliphatic carbocycles. The first-order valence-electron chi connectivity index (χ1n) is 4.75. The van der Waals surface area contributed by atoms with Crippen molar-refractivity contribution >= 4 is 0 Å². The van der Waals surface area contributed by atoms with Gasteiger partial charge in [-0.1, -0.05) is 12.5 Å². The van der Waals surface area contributed by atoms with Gasteiger partial charge in [0.25, 0.3) is 0 Å². The first-order valence-corrected chi connectivity index (χ1v) is 4.75. The summed E-state index contributed by atoms with van der Waals surface area (Å²) in [4.78, 5) is 4.53. The average Bonchev–Trinajstić information content (AvgIpc) is 2.03. The number of hydrogen-bond acceptors (Lipinski definition) is 2. The van der Waals surface area contributed by atoms with Gasteiger partial charge in [-0.05, 0) is 32.6 Å². The van der Waals surface area contributed by atoms with Crippen LogP contribution in [0.1, 0.15) is 19.3 Å². The zero-order valence-corrected chi connectivity index (χ0v) is 8.45. The van der Waals surface area contributed by atoms with Crippen LogP contribution in [0.2, 0.25) is 0 Å². The van der Waals surface area contributed by atoms with Crippen LogP contribution in [0.15, 0.2) is 12.3 Å². The lowest BCUT2D eigenvalue weighted by atomic mass is 10.0. The van der Waals surface area contributed by atoms with E-state index in [1.807, 2.05) is 0 Å². The molecule has 1 aliphatic rings. The van der Waals surface area contributed by atoms with Gasteiger partial charge in [0.15, 0.2) is 0 Å². The molecular formula is C10H20N2. The van der Waals surface area contributed by atoms with Crippen molar-refractivity contribution in [1.29, 1.82) is 0 Å². The maximum Gasteiger partial charge on any atom is 0.0292 e. The van der Waals surface area contributed by atoms with Crippen molar-refractivity contribution in [2.24, 2.45) is 0 Å². The molecule has 1 atom stereocenters. The molecule has 2 heteroatoms. The molecular weight excluding hydrogens is 148 g/mol. The Morgan fingerprint density at radius 2 is 2.08 bits per heavy atom. The Kier molecular flexibility index (Phi) is 3.60. The van der Waals surface area contributed by atoms with Gasteiger partial charge in [0.2, 0.25) is 0 Å². The Bertz CT molecular complexity index is 152. The van der Waals surface area contributed by atoms with E-state index in [0.717, 1.165) is 0 Å². The lowest BCUT2D eigenvalue weighted by molar-refractivity contribution is 0.220. The van der Waals surface area contributed by atoms with Gasteiger partial charge in [0.1, 0.15) is 0 Å². The Morgan fingerprint density at radius 1 is 1.33 bits per heavy atom. The molecule has 0 aromatic carbocycles. The van der Waals surface area contributed by atoms with E-state index in [9.17, 15) is 0 Å². The SMILES string of the molecule is CN(C)/C=C/C1CCCCN1C. The molecule has 1 heterocycles. The zero-order chi connectivity index (χ0) is 8.97. The van der Waals surface area contributed by atoms with Crippen molar-refractivity contribution in [1.82, 2.24) is 9.80 Å². The van der Waals surface area contributed by atoms with E-state index in [1.54, 1.807) is 0 Å². The fourth-order valence-electron chi connectivity index (χ4n) is 1.62. The smallest absolute Gasteiger partial charge is 0.0292 e. The molecule has 0 N–H and O–H groups in total. The summed E-state index contributed by atoms with van der Waals surface area (Å²) in [5.41, 5.74) is 0. The van der Waals surface area contributed by atoms with E-state index in [-0.39, 0.29) is 0 Å². The van der Waals surface area contributed by atoms with Crippen LogP contribution in [-0.4, -0.2) is 43.5 Å². The number of likely N-dealkylation sites (N-methyl/N-ethyl adjacent to an activating group) is 1. The molecule has 0 radical (unpaired) electrons. The van der Waals surface area contributed by atoms with Gasteiger partial charge in [-0.2, -0.15) is 0 Å². The summed E-state index contributed by atoms with van der Waals surface area (Å²) in [6.07, 6.45) is 8.53. The quantitative estimate of drug-likeness (QED) is 0.617. The van der Waals surface area contributed by atoms with Crippen LogP contribution in [0.3, 0.4) is 0 Å². The van der Waals surface area contributed by atoms with Crippen molar-refractivity contribution < 1.29 is 0 Å². The second kappa shape index (κ2) is 4.51. The standard InChI is InChI=1S/C10H20N2/c1-11(2)9-7-10-6-4-5-8-12(10)3/h7,9-10H,4-6,8H2,1-3H3/b9-7+. The highest BCUT2D eigenvalue weighted by Gasteiger charge is 2.15. The highest BCUT2D eigenvalue weighted by Crippen LogP contribution is 2.15. The minimum absolute atomic E-state index is 0.668. The van der Waals surface area contributed by atoms with Gasteiger partial charge in [-0.25, -0.2) is 0 Å². The molecule has 0 spiro atoms. The van der Waals surface area contributed by atoms with Crippen molar-refractivity contribution in [2.75, 3.05) is 27.7 Å². The molecule has 0 saturated carbocycles. The minimum atomic E-state index is 0.668. The van der Waals surface area contributed by atoms with E-state index in [2.05, 4.69) is 43.2 Å². The first kappa shape index (κ1) is 9.59. The minimum Gasteiger partial charge on any atom is -0.384 e. The van der Waals surface area contributed by atoms with Crippen LogP contribution in [-0.2, 0) is 0 Å². The maximum absolute atomic E-state index is 2.43. The van der Waals surface area contributed by atoms with E-state index in [1.165, 1.54) is 25.8 Å². The summed E-state index contributed by atoms with van der Waals surface area (Å²) in [6.45, 7) is 1.25. The molecule has 1 rings (SSSR count). The molecule has 1 saturated heterocycles. The largest absolute Gasteiger partial charge is 0.384 e. The van der Waals surface area contributed by atoms with Crippen LogP contribution in [0.4, 0.5) is 0 Å². The van der Waals surface area contributed by atoms with Crippen molar-refractivity contribution in [3.05, 3.63) is 12.3 Å². The number of likely N-dealkylation sites (tertiary alicyclic amines) is 1. The lowest BCUT2D eigenvalue weighted by Gasteiger charge is -2.30. The normalized spacial score (nSPS) is 26.4. The third-order valence-electron chi connectivity index (χ3n) is 2.43. The van der Waals surface area contributed by atoms with Crippen LogP contribution in [0, 0.1) is 0 Å². The topological polar surface area (TPSA) is 6.48 Å². The van der Waals surface area contributed by atoms with Crippen LogP contribution < -0.4 is 0 Å². The van der Waals surface area contributed by atoms with Gasteiger partial charge >= 0.3 is 0 Å². The summed E-state index contributed by atoms with van der Waals surface area (Å²) in [7, 11) is 6.35. The Morgan fingerprint density at radius 3 is 2.67 bits per heavy atom. The highest BCUT2D eigenvalue weighted by molar-refractivity contribution is 4.94. The second-order valence-electron chi connectivity index (χ2n) is 3.85. The fraction of sp³-hybridized carbons (Fsp3) is 0.800. The molecule has 70 valence electrons. The molecule has 12 heavy (non-hydrogen) atoms. The van der Waals surface area contributed by atoms with E-state index in [0.29, 0.717) is 6.04 Å². The monoisotopic (exact) mass is 168 g/mol. The second-order valence-corrected chi connectivity index (χ2v) is 3.85. The zero-order valence-electron chi connectivity index (χ0n) is 8.45. The van der Waals surface area contributed by atoms with Crippen LogP contribution >= 0.6 is 0 Å². The summed E-state index contributed by atoms with van der Waals surface area (Å²) >= 11 is 0. The fourth-order valence-corrected chi connectivity index (χ4v) is 1.62. The Balaban J connectivity index is 2.38. The molecule has 0 bridgehead atoms. The van der Waals surface area contributed by atoms with E-state index < -0.39 is 0 Å². The lowest BCUT2D eigenvalue weighted by Crippen LogP contribution is -2.34. The predicted molar refractivity (Wildman–Crippen MR) is 53.1 cm³/mol. The maximum atomic E-state index is 2.43. The number of rotatable bonds is 2. The third-order valence-corrected chi connectivity index (χ3v) is 2.43. The molecule has 0 amide bonds. The highest BCUT2D eigenvalue weighted by atomic mass is 15.1. The van der Waals surface area contributed by atoms with Gasteiger partial charge in [-0.15, -0.1) is 0 Å². The summed E-state index contributed by atoms with van der Waals surface area (Å²) in [5.74, 6) is 0. The predicted octanol–water partition coefficient (Wildman–Crippen LogP) is 1.55. The summed E-state index contributed by atoms with van der Waals surface area (Å²) in [5, 5.41) is 0. The van der Waals surface area contributed by atoms with Crippen molar-refractivity contribution in [2.45, 2.75) is 25.3 Å². The molecule has 2 nitrogen and oxygen atoms in total. The Hall–Kier alpha value is -0.500. The van der Waals surface area contributed by atoms with Gasteiger partial charge in [0, 0.05) is 20.1 Å². The number of piperidine rings is 1.